The topological polar surface area (TPSA) is 35.2 Å². The van der Waals surface area contributed by atoms with Gasteiger partial charge in [-0.2, -0.15) is 0 Å². The van der Waals surface area contributed by atoms with E-state index in [9.17, 15) is 0 Å². The first-order valence-corrected chi connectivity index (χ1v) is 7.26. The number of hydrogen-bond donors (Lipinski definition) is 1. The highest BCUT2D eigenvalue weighted by Gasteiger charge is 2.38. The van der Waals surface area contributed by atoms with Crippen LogP contribution in [-0.4, -0.2) is 11.6 Å². The summed E-state index contributed by atoms with van der Waals surface area (Å²) >= 11 is 6.29. The van der Waals surface area contributed by atoms with Gasteiger partial charge in [0, 0.05) is 5.54 Å². The van der Waals surface area contributed by atoms with Crippen molar-refractivity contribution < 1.29 is 4.74 Å². The van der Waals surface area contributed by atoms with Crippen molar-refractivity contribution in [2.24, 2.45) is 5.73 Å². The van der Waals surface area contributed by atoms with Crippen molar-refractivity contribution in [3.05, 3.63) is 28.8 Å². The summed E-state index contributed by atoms with van der Waals surface area (Å²) in [7, 11) is 0. The standard InChI is InChI=1S/C15H20ClNO/c16-13-9-11(10-15(17)7-8-15)5-6-14(13)18-12-3-1-2-4-12/h5-6,9,12H,1-4,7-8,10,17H2. The molecular formula is C15H20ClNO. The third-order valence-corrected chi connectivity index (χ3v) is 4.34. The molecular weight excluding hydrogens is 246 g/mol. The zero-order valence-corrected chi connectivity index (χ0v) is 11.4. The number of halogens is 1. The molecule has 3 rings (SSSR count). The van der Waals surface area contributed by atoms with Crippen LogP contribution in [0.2, 0.25) is 5.02 Å². The van der Waals surface area contributed by atoms with E-state index in [1.165, 1.54) is 18.4 Å². The Labute approximate surface area is 113 Å². The minimum atomic E-state index is 0.0388. The fourth-order valence-corrected chi connectivity index (χ4v) is 2.93. The van der Waals surface area contributed by atoms with Gasteiger partial charge < -0.3 is 10.5 Å². The Kier molecular flexibility index (Phi) is 3.25. The van der Waals surface area contributed by atoms with E-state index in [2.05, 4.69) is 6.07 Å². The predicted octanol–water partition coefficient (Wildman–Crippen LogP) is 3.70. The molecule has 1 aromatic rings. The van der Waals surface area contributed by atoms with Crippen LogP contribution >= 0.6 is 11.6 Å². The first-order chi connectivity index (χ1) is 8.65. The Bertz CT molecular complexity index is 436. The molecule has 0 spiro atoms. The van der Waals surface area contributed by atoms with E-state index in [1.54, 1.807) is 0 Å². The quantitative estimate of drug-likeness (QED) is 0.901. The molecule has 0 bridgehead atoms. The van der Waals surface area contributed by atoms with Gasteiger partial charge in [-0.1, -0.05) is 17.7 Å². The summed E-state index contributed by atoms with van der Waals surface area (Å²) in [5, 5.41) is 0.726. The summed E-state index contributed by atoms with van der Waals surface area (Å²) < 4.78 is 5.94. The number of ether oxygens (including phenoxy) is 1. The largest absolute Gasteiger partial charge is 0.489 e. The smallest absolute Gasteiger partial charge is 0.138 e. The minimum Gasteiger partial charge on any atom is -0.489 e. The lowest BCUT2D eigenvalue weighted by Crippen LogP contribution is -2.24. The molecule has 0 unspecified atom stereocenters. The highest BCUT2D eigenvalue weighted by Crippen LogP contribution is 2.37. The average Bonchev–Trinajstić information content (AvgIpc) is 2.86. The Morgan fingerprint density at radius 1 is 1.28 bits per heavy atom. The van der Waals surface area contributed by atoms with E-state index < -0.39 is 0 Å². The van der Waals surface area contributed by atoms with Crippen LogP contribution in [0.4, 0.5) is 0 Å². The van der Waals surface area contributed by atoms with Crippen molar-refractivity contribution in [3.63, 3.8) is 0 Å². The third-order valence-electron chi connectivity index (χ3n) is 4.04. The summed E-state index contributed by atoms with van der Waals surface area (Å²) in [5.74, 6) is 0.828. The molecule has 0 heterocycles. The molecule has 3 heteroatoms. The van der Waals surface area contributed by atoms with Crippen LogP contribution in [0.5, 0.6) is 5.75 Å². The van der Waals surface area contributed by atoms with Crippen molar-refractivity contribution >= 4 is 11.6 Å². The first kappa shape index (κ1) is 12.3. The van der Waals surface area contributed by atoms with Gasteiger partial charge in [0.25, 0.3) is 0 Å². The van der Waals surface area contributed by atoms with Crippen LogP contribution in [0.15, 0.2) is 18.2 Å². The van der Waals surface area contributed by atoms with Crippen LogP contribution < -0.4 is 10.5 Å². The lowest BCUT2D eigenvalue weighted by molar-refractivity contribution is 0.210. The number of hydrogen-bond acceptors (Lipinski definition) is 2. The Hall–Kier alpha value is -0.730. The van der Waals surface area contributed by atoms with Gasteiger partial charge in [0.15, 0.2) is 0 Å². The predicted molar refractivity (Wildman–Crippen MR) is 74.2 cm³/mol. The van der Waals surface area contributed by atoms with Crippen molar-refractivity contribution in [1.82, 2.24) is 0 Å². The number of rotatable bonds is 4. The van der Waals surface area contributed by atoms with Crippen molar-refractivity contribution in [2.45, 2.75) is 56.6 Å². The molecule has 2 N–H and O–H groups in total. The van der Waals surface area contributed by atoms with E-state index in [4.69, 9.17) is 22.1 Å². The van der Waals surface area contributed by atoms with E-state index in [-0.39, 0.29) is 5.54 Å². The molecule has 2 nitrogen and oxygen atoms in total. The normalized spacial score (nSPS) is 22.1. The Morgan fingerprint density at radius 2 is 2.00 bits per heavy atom. The zero-order valence-electron chi connectivity index (χ0n) is 10.6. The Balaban J connectivity index is 1.68. The summed E-state index contributed by atoms with van der Waals surface area (Å²) in [6, 6.07) is 6.11. The zero-order chi connectivity index (χ0) is 12.6. The fraction of sp³-hybridized carbons (Fsp3) is 0.600. The van der Waals surface area contributed by atoms with Crippen molar-refractivity contribution in [2.75, 3.05) is 0 Å². The maximum absolute atomic E-state index is 6.29. The second-order valence-corrected chi connectivity index (χ2v) is 6.24. The highest BCUT2D eigenvalue weighted by atomic mass is 35.5. The molecule has 98 valence electrons. The third kappa shape index (κ3) is 2.81. The molecule has 2 fully saturated rings. The molecule has 2 aliphatic rings. The van der Waals surface area contributed by atoms with Gasteiger partial charge in [0.05, 0.1) is 11.1 Å². The van der Waals surface area contributed by atoms with Gasteiger partial charge in [-0.05, 0) is 62.6 Å². The Morgan fingerprint density at radius 3 is 2.61 bits per heavy atom. The van der Waals surface area contributed by atoms with Gasteiger partial charge >= 0.3 is 0 Å². The summed E-state index contributed by atoms with van der Waals surface area (Å²) in [6.45, 7) is 0. The van der Waals surface area contributed by atoms with Crippen LogP contribution in [-0.2, 0) is 6.42 Å². The summed E-state index contributed by atoms with van der Waals surface area (Å²) in [6.07, 6.45) is 8.41. The molecule has 0 aromatic heterocycles. The molecule has 2 aliphatic carbocycles. The van der Waals surface area contributed by atoms with E-state index in [1.807, 2.05) is 12.1 Å². The monoisotopic (exact) mass is 265 g/mol. The second-order valence-electron chi connectivity index (χ2n) is 5.83. The maximum atomic E-state index is 6.29. The molecule has 0 saturated heterocycles. The molecule has 0 atom stereocenters. The van der Waals surface area contributed by atoms with Crippen LogP contribution in [0, 0.1) is 0 Å². The molecule has 0 amide bonds. The van der Waals surface area contributed by atoms with Crippen LogP contribution in [0.1, 0.15) is 44.1 Å². The van der Waals surface area contributed by atoms with E-state index in [0.717, 1.165) is 42.9 Å². The first-order valence-electron chi connectivity index (χ1n) is 6.89. The van der Waals surface area contributed by atoms with Gasteiger partial charge in [-0.15, -0.1) is 0 Å². The minimum absolute atomic E-state index is 0.0388. The van der Waals surface area contributed by atoms with Gasteiger partial charge in [-0.3, -0.25) is 0 Å². The maximum Gasteiger partial charge on any atom is 0.138 e. The van der Waals surface area contributed by atoms with E-state index in [0.29, 0.717) is 6.10 Å². The fourth-order valence-electron chi connectivity index (χ4n) is 2.68. The van der Waals surface area contributed by atoms with E-state index >= 15 is 0 Å². The van der Waals surface area contributed by atoms with Crippen LogP contribution in [0.3, 0.4) is 0 Å². The summed E-state index contributed by atoms with van der Waals surface area (Å²) in [4.78, 5) is 0. The second kappa shape index (κ2) is 4.75. The van der Waals surface area contributed by atoms with Gasteiger partial charge in [-0.25, -0.2) is 0 Å². The molecule has 18 heavy (non-hydrogen) atoms. The average molecular weight is 266 g/mol. The lowest BCUT2D eigenvalue weighted by Gasteiger charge is -2.15. The highest BCUT2D eigenvalue weighted by molar-refractivity contribution is 6.32. The molecule has 2 saturated carbocycles. The SMILES string of the molecule is NC1(Cc2ccc(OC3CCCC3)c(Cl)c2)CC1. The molecule has 0 radical (unpaired) electrons. The lowest BCUT2D eigenvalue weighted by atomic mass is 10.1. The van der Waals surface area contributed by atoms with Gasteiger partial charge in [0.1, 0.15) is 5.75 Å². The molecule has 1 aromatic carbocycles. The van der Waals surface area contributed by atoms with Gasteiger partial charge in [0.2, 0.25) is 0 Å². The number of benzene rings is 1. The summed E-state index contributed by atoms with van der Waals surface area (Å²) in [5.41, 5.74) is 7.38. The van der Waals surface area contributed by atoms with Crippen molar-refractivity contribution in [3.8, 4) is 5.75 Å². The van der Waals surface area contributed by atoms with Crippen LogP contribution in [0.25, 0.3) is 0 Å². The molecule has 0 aliphatic heterocycles. The van der Waals surface area contributed by atoms with Crippen molar-refractivity contribution in [1.29, 1.82) is 0 Å². The number of nitrogens with two attached hydrogens (primary N) is 1.